The maximum Gasteiger partial charge on any atom is 0.203 e. The Bertz CT molecular complexity index is 768. The summed E-state index contributed by atoms with van der Waals surface area (Å²) in [7, 11) is 2.05. The van der Waals surface area contributed by atoms with Crippen LogP contribution in [0.15, 0.2) is 54.7 Å². The van der Waals surface area contributed by atoms with Crippen LogP contribution in [0.5, 0.6) is 0 Å². The van der Waals surface area contributed by atoms with Gasteiger partial charge >= 0.3 is 0 Å². The van der Waals surface area contributed by atoms with E-state index in [-0.39, 0.29) is 0 Å². The lowest BCUT2D eigenvalue weighted by Gasteiger charge is -2.09. The summed E-state index contributed by atoms with van der Waals surface area (Å²) in [5.41, 5.74) is 6.21. The first-order valence-corrected chi connectivity index (χ1v) is 8.08. The summed E-state index contributed by atoms with van der Waals surface area (Å²) in [4.78, 5) is 4.52. The van der Waals surface area contributed by atoms with Gasteiger partial charge in [-0.15, -0.1) is 0 Å². The fraction of sp³-hybridized carbons (Fsp3) is 0.250. The molecular formula is C20H23N3. The fourth-order valence-corrected chi connectivity index (χ4v) is 2.64. The van der Waals surface area contributed by atoms with Gasteiger partial charge in [-0.2, -0.15) is 0 Å². The van der Waals surface area contributed by atoms with E-state index >= 15 is 0 Å². The molecule has 3 aromatic rings. The largest absolute Gasteiger partial charge is 0.352 e. The fourth-order valence-electron chi connectivity index (χ4n) is 2.64. The number of benzene rings is 2. The van der Waals surface area contributed by atoms with Gasteiger partial charge in [0, 0.05) is 13.6 Å². The number of nitrogens with zero attached hydrogens (tertiary/aromatic N) is 2. The van der Waals surface area contributed by atoms with Crippen molar-refractivity contribution in [1.29, 1.82) is 0 Å². The Labute approximate surface area is 138 Å². The molecule has 2 aromatic carbocycles. The monoisotopic (exact) mass is 305 g/mol. The van der Waals surface area contributed by atoms with Crippen molar-refractivity contribution in [3.8, 4) is 11.3 Å². The number of hydrogen-bond donors (Lipinski definition) is 1. The molecule has 0 aliphatic rings. The predicted molar refractivity (Wildman–Crippen MR) is 96.5 cm³/mol. The van der Waals surface area contributed by atoms with E-state index in [4.69, 9.17) is 0 Å². The van der Waals surface area contributed by atoms with E-state index in [0.29, 0.717) is 0 Å². The van der Waals surface area contributed by atoms with Gasteiger partial charge in [0.05, 0.1) is 11.9 Å². The van der Waals surface area contributed by atoms with Crippen LogP contribution >= 0.6 is 0 Å². The topological polar surface area (TPSA) is 29.9 Å². The normalized spacial score (nSPS) is 10.7. The second-order valence-electron chi connectivity index (χ2n) is 5.92. The molecule has 0 atom stereocenters. The molecule has 1 aromatic heterocycles. The SMILES string of the molecule is CCc1ccc(CNc2ncc(-c3ccc(C)cc3)n2C)cc1. The second kappa shape index (κ2) is 6.69. The zero-order valence-corrected chi connectivity index (χ0v) is 14.0. The van der Waals surface area contributed by atoms with Gasteiger partial charge in [-0.05, 0) is 30.0 Å². The lowest BCUT2D eigenvalue weighted by atomic mass is 10.1. The summed E-state index contributed by atoms with van der Waals surface area (Å²) in [5, 5.41) is 3.42. The van der Waals surface area contributed by atoms with Gasteiger partial charge in [-0.3, -0.25) is 0 Å². The first-order chi connectivity index (χ1) is 11.2. The Hall–Kier alpha value is -2.55. The van der Waals surface area contributed by atoms with E-state index in [1.54, 1.807) is 0 Å². The van der Waals surface area contributed by atoms with E-state index in [1.165, 1.54) is 22.3 Å². The van der Waals surface area contributed by atoms with Gasteiger partial charge in [0.15, 0.2) is 0 Å². The van der Waals surface area contributed by atoms with Gasteiger partial charge in [0.2, 0.25) is 5.95 Å². The van der Waals surface area contributed by atoms with Crippen molar-refractivity contribution in [2.24, 2.45) is 7.05 Å². The number of imidazole rings is 1. The van der Waals surface area contributed by atoms with Gasteiger partial charge in [-0.1, -0.05) is 61.0 Å². The number of aryl methyl sites for hydroxylation is 2. The minimum Gasteiger partial charge on any atom is -0.352 e. The molecule has 1 N–H and O–H groups in total. The standard InChI is InChI=1S/C20H23N3/c1-4-16-7-9-17(10-8-16)13-21-20-22-14-19(23(20)3)18-11-5-15(2)6-12-18/h5-12,14H,4,13H2,1-3H3,(H,21,22). The average molecular weight is 305 g/mol. The molecular weight excluding hydrogens is 282 g/mol. The molecule has 0 saturated carbocycles. The van der Waals surface area contributed by atoms with Crippen molar-refractivity contribution in [2.75, 3.05) is 5.32 Å². The second-order valence-corrected chi connectivity index (χ2v) is 5.92. The van der Waals surface area contributed by atoms with Crippen LogP contribution in [0.2, 0.25) is 0 Å². The number of rotatable bonds is 5. The van der Waals surface area contributed by atoms with Crippen molar-refractivity contribution in [3.63, 3.8) is 0 Å². The molecule has 0 aliphatic heterocycles. The molecule has 1 heterocycles. The van der Waals surface area contributed by atoms with E-state index in [2.05, 4.69) is 77.2 Å². The minimum absolute atomic E-state index is 0.780. The molecule has 0 unspecified atom stereocenters. The molecule has 0 bridgehead atoms. The third-order valence-electron chi connectivity index (χ3n) is 4.22. The molecule has 0 radical (unpaired) electrons. The summed E-state index contributed by atoms with van der Waals surface area (Å²) in [5.74, 6) is 0.889. The van der Waals surface area contributed by atoms with Gasteiger partial charge < -0.3 is 9.88 Å². The number of hydrogen-bond acceptors (Lipinski definition) is 2. The van der Waals surface area contributed by atoms with E-state index < -0.39 is 0 Å². The molecule has 23 heavy (non-hydrogen) atoms. The van der Waals surface area contributed by atoms with Crippen molar-refractivity contribution < 1.29 is 0 Å². The summed E-state index contributed by atoms with van der Waals surface area (Å²) < 4.78 is 2.10. The molecule has 3 rings (SSSR count). The van der Waals surface area contributed by atoms with Crippen LogP contribution < -0.4 is 5.32 Å². The number of anilines is 1. The van der Waals surface area contributed by atoms with Crippen LogP contribution in [-0.2, 0) is 20.0 Å². The van der Waals surface area contributed by atoms with Crippen molar-refractivity contribution in [2.45, 2.75) is 26.8 Å². The lowest BCUT2D eigenvalue weighted by Crippen LogP contribution is -2.05. The molecule has 0 saturated heterocycles. The first-order valence-electron chi connectivity index (χ1n) is 8.08. The lowest BCUT2D eigenvalue weighted by molar-refractivity contribution is 0.906. The summed E-state index contributed by atoms with van der Waals surface area (Å²) in [6, 6.07) is 17.3. The van der Waals surface area contributed by atoms with Crippen LogP contribution in [0.25, 0.3) is 11.3 Å². The summed E-state index contributed by atoms with van der Waals surface area (Å²) in [6.45, 7) is 5.06. The summed E-state index contributed by atoms with van der Waals surface area (Å²) in [6.07, 6.45) is 3.00. The molecule has 3 heteroatoms. The summed E-state index contributed by atoms with van der Waals surface area (Å²) >= 11 is 0. The Balaban J connectivity index is 1.72. The zero-order valence-electron chi connectivity index (χ0n) is 14.0. The molecule has 0 amide bonds. The number of nitrogens with one attached hydrogen (secondary N) is 1. The predicted octanol–water partition coefficient (Wildman–Crippen LogP) is 4.57. The van der Waals surface area contributed by atoms with Crippen LogP contribution in [-0.4, -0.2) is 9.55 Å². The minimum atomic E-state index is 0.780. The molecule has 0 spiro atoms. The zero-order chi connectivity index (χ0) is 16.2. The maximum absolute atomic E-state index is 4.52. The molecule has 0 aliphatic carbocycles. The van der Waals surface area contributed by atoms with E-state index in [0.717, 1.165) is 24.6 Å². The Morgan fingerprint density at radius 3 is 2.26 bits per heavy atom. The van der Waals surface area contributed by atoms with Gasteiger partial charge in [0.1, 0.15) is 0 Å². The van der Waals surface area contributed by atoms with Crippen molar-refractivity contribution in [1.82, 2.24) is 9.55 Å². The Morgan fingerprint density at radius 2 is 1.61 bits per heavy atom. The van der Waals surface area contributed by atoms with Gasteiger partial charge in [0.25, 0.3) is 0 Å². The third-order valence-corrected chi connectivity index (χ3v) is 4.22. The number of aromatic nitrogens is 2. The molecule has 3 nitrogen and oxygen atoms in total. The smallest absolute Gasteiger partial charge is 0.203 e. The maximum atomic E-state index is 4.52. The highest BCUT2D eigenvalue weighted by atomic mass is 15.2. The van der Waals surface area contributed by atoms with Crippen LogP contribution in [0, 0.1) is 6.92 Å². The van der Waals surface area contributed by atoms with E-state index in [1.807, 2.05) is 13.2 Å². The highest BCUT2D eigenvalue weighted by molar-refractivity contribution is 5.61. The highest BCUT2D eigenvalue weighted by Crippen LogP contribution is 2.22. The van der Waals surface area contributed by atoms with Crippen LogP contribution in [0.4, 0.5) is 5.95 Å². The van der Waals surface area contributed by atoms with Crippen LogP contribution in [0.3, 0.4) is 0 Å². The highest BCUT2D eigenvalue weighted by Gasteiger charge is 2.08. The third kappa shape index (κ3) is 3.45. The van der Waals surface area contributed by atoms with Crippen LogP contribution in [0.1, 0.15) is 23.6 Å². The Morgan fingerprint density at radius 1 is 0.957 bits per heavy atom. The van der Waals surface area contributed by atoms with Crippen molar-refractivity contribution in [3.05, 3.63) is 71.4 Å². The Kier molecular flexibility index (Phi) is 4.47. The quantitative estimate of drug-likeness (QED) is 0.748. The first kappa shape index (κ1) is 15.3. The molecule has 0 fully saturated rings. The molecule has 118 valence electrons. The van der Waals surface area contributed by atoms with E-state index in [9.17, 15) is 0 Å². The average Bonchev–Trinajstić information content (AvgIpc) is 2.95. The van der Waals surface area contributed by atoms with Crippen molar-refractivity contribution >= 4 is 5.95 Å². The van der Waals surface area contributed by atoms with Gasteiger partial charge in [-0.25, -0.2) is 4.98 Å².